The molecule has 0 amide bonds. The Morgan fingerprint density at radius 2 is 1.93 bits per heavy atom. The number of hydrogen-bond acceptors (Lipinski definition) is 2. The highest BCUT2D eigenvalue weighted by Crippen LogP contribution is 2.56. The van der Waals surface area contributed by atoms with Gasteiger partial charge < -0.3 is 5.32 Å². The van der Waals surface area contributed by atoms with E-state index in [2.05, 4.69) is 30.9 Å². The van der Waals surface area contributed by atoms with Crippen LogP contribution in [-0.4, -0.2) is 22.6 Å². The zero-order valence-electron chi connectivity index (χ0n) is 9.31. The van der Waals surface area contributed by atoms with Gasteiger partial charge in [0.15, 0.2) is 0 Å². The van der Waals surface area contributed by atoms with E-state index in [1.807, 2.05) is 0 Å². The molecule has 2 atom stereocenters. The third kappa shape index (κ3) is 1.19. The average Bonchev–Trinajstić information content (AvgIpc) is 1.98. The van der Waals surface area contributed by atoms with E-state index < -0.39 is 0 Å². The Kier molecular flexibility index (Phi) is 1.98. The van der Waals surface area contributed by atoms with Crippen LogP contribution >= 0.6 is 11.8 Å². The lowest BCUT2D eigenvalue weighted by Crippen LogP contribution is -2.65. The minimum Gasteiger partial charge on any atom is -0.308 e. The molecule has 3 fully saturated rings. The van der Waals surface area contributed by atoms with Crippen LogP contribution in [0, 0.1) is 5.41 Å². The average molecular weight is 211 g/mol. The van der Waals surface area contributed by atoms with Crippen molar-refractivity contribution in [3.05, 3.63) is 0 Å². The summed E-state index contributed by atoms with van der Waals surface area (Å²) in [6, 6.07) is 1.66. The van der Waals surface area contributed by atoms with Gasteiger partial charge in [-0.05, 0) is 44.9 Å². The fourth-order valence-electron chi connectivity index (χ4n) is 3.18. The van der Waals surface area contributed by atoms with Crippen molar-refractivity contribution in [1.82, 2.24) is 5.32 Å². The highest BCUT2D eigenvalue weighted by molar-refractivity contribution is 8.02. The lowest BCUT2D eigenvalue weighted by atomic mass is 9.53. The highest BCUT2D eigenvalue weighted by Gasteiger charge is 2.52. The first-order chi connectivity index (χ1) is 6.62. The van der Waals surface area contributed by atoms with Crippen molar-refractivity contribution < 1.29 is 0 Å². The molecule has 2 heteroatoms. The van der Waals surface area contributed by atoms with Crippen molar-refractivity contribution in [2.75, 3.05) is 5.75 Å². The van der Waals surface area contributed by atoms with Crippen LogP contribution in [0.3, 0.4) is 0 Å². The van der Waals surface area contributed by atoms with E-state index in [0.29, 0.717) is 4.75 Å². The monoisotopic (exact) mass is 211 g/mol. The zero-order chi connectivity index (χ0) is 9.81. The van der Waals surface area contributed by atoms with Crippen LogP contribution in [0.4, 0.5) is 0 Å². The van der Waals surface area contributed by atoms with Crippen LogP contribution in [0.5, 0.6) is 0 Å². The van der Waals surface area contributed by atoms with Gasteiger partial charge in [0.2, 0.25) is 0 Å². The predicted octanol–water partition coefficient (Wildman–Crippen LogP) is 2.80. The van der Waals surface area contributed by atoms with Crippen molar-refractivity contribution in [3.8, 4) is 0 Å². The van der Waals surface area contributed by atoms with Gasteiger partial charge in [-0.2, -0.15) is 11.8 Å². The van der Waals surface area contributed by atoms with Crippen LogP contribution in [0.15, 0.2) is 0 Å². The van der Waals surface area contributed by atoms with Crippen molar-refractivity contribution in [3.63, 3.8) is 0 Å². The maximum absolute atomic E-state index is 3.92. The van der Waals surface area contributed by atoms with Crippen LogP contribution in [0.25, 0.3) is 0 Å². The molecular weight excluding hydrogens is 190 g/mol. The Labute approximate surface area is 91.4 Å². The molecule has 0 aromatic carbocycles. The maximum Gasteiger partial charge on any atom is 0.0303 e. The predicted molar refractivity (Wildman–Crippen MR) is 62.8 cm³/mol. The zero-order valence-corrected chi connectivity index (χ0v) is 10.1. The normalized spacial score (nSPS) is 42.4. The summed E-state index contributed by atoms with van der Waals surface area (Å²) in [5, 5.41) is 3.92. The van der Waals surface area contributed by atoms with Gasteiger partial charge in [-0.1, -0.05) is 6.42 Å². The largest absolute Gasteiger partial charge is 0.308 e. The molecule has 1 aliphatic heterocycles. The van der Waals surface area contributed by atoms with Gasteiger partial charge in [0.05, 0.1) is 0 Å². The van der Waals surface area contributed by atoms with Gasteiger partial charge in [-0.25, -0.2) is 0 Å². The van der Waals surface area contributed by atoms with Gasteiger partial charge in [-0.15, -0.1) is 0 Å². The lowest BCUT2D eigenvalue weighted by Gasteiger charge is -2.59. The van der Waals surface area contributed by atoms with Crippen molar-refractivity contribution in [2.24, 2.45) is 5.41 Å². The summed E-state index contributed by atoms with van der Waals surface area (Å²) < 4.78 is 0.501. The fraction of sp³-hybridized carbons (Fsp3) is 1.00. The van der Waals surface area contributed by atoms with Gasteiger partial charge in [0.25, 0.3) is 0 Å². The summed E-state index contributed by atoms with van der Waals surface area (Å²) in [7, 11) is 0. The second-order valence-electron chi connectivity index (χ2n) is 5.94. The molecule has 1 nitrogen and oxygen atoms in total. The third-order valence-electron chi connectivity index (χ3n) is 4.88. The second-order valence-corrected chi connectivity index (χ2v) is 7.62. The van der Waals surface area contributed by atoms with E-state index in [1.165, 1.54) is 37.9 Å². The molecule has 0 bridgehead atoms. The summed E-state index contributed by atoms with van der Waals surface area (Å²) in [4.78, 5) is 0. The topological polar surface area (TPSA) is 12.0 Å². The molecule has 0 aromatic heterocycles. The molecule has 0 aromatic rings. The van der Waals surface area contributed by atoms with Crippen LogP contribution in [0.1, 0.15) is 46.0 Å². The van der Waals surface area contributed by atoms with Crippen molar-refractivity contribution in [1.29, 1.82) is 0 Å². The minimum absolute atomic E-state index is 0.501. The molecule has 2 saturated carbocycles. The van der Waals surface area contributed by atoms with Crippen LogP contribution < -0.4 is 5.32 Å². The standard InChI is InChI=1S/C12H21NS/c1-11(2)10(8-14-11)13-9-4-7-12(9)5-3-6-12/h9-10,13H,3-8H2,1-2H3. The third-order valence-corrected chi connectivity index (χ3v) is 6.41. The van der Waals surface area contributed by atoms with E-state index in [-0.39, 0.29) is 0 Å². The number of rotatable bonds is 2. The Bertz CT molecular complexity index is 239. The van der Waals surface area contributed by atoms with E-state index >= 15 is 0 Å². The molecule has 14 heavy (non-hydrogen) atoms. The second kappa shape index (κ2) is 2.91. The maximum atomic E-state index is 3.92. The Morgan fingerprint density at radius 1 is 1.14 bits per heavy atom. The number of thioether (sulfide) groups is 1. The molecule has 1 heterocycles. The lowest BCUT2D eigenvalue weighted by molar-refractivity contribution is -0.0239. The van der Waals surface area contributed by atoms with Crippen LogP contribution in [-0.2, 0) is 0 Å². The molecule has 3 aliphatic rings. The van der Waals surface area contributed by atoms with Gasteiger partial charge >= 0.3 is 0 Å². The summed E-state index contributed by atoms with van der Waals surface area (Å²) in [6.45, 7) is 4.76. The van der Waals surface area contributed by atoms with E-state index in [9.17, 15) is 0 Å². The first-order valence-electron chi connectivity index (χ1n) is 6.02. The van der Waals surface area contributed by atoms with Gasteiger partial charge in [0.1, 0.15) is 0 Å². The molecule has 2 unspecified atom stereocenters. The van der Waals surface area contributed by atoms with Crippen molar-refractivity contribution >= 4 is 11.8 Å². The molecule has 0 radical (unpaired) electrons. The Balaban J connectivity index is 1.58. The van der Waals surface area contributed by atoms with E-state index in [4.69, 9.17) is 0 Å². The molecule has 80 valence electrons. The Morgan fingerprint density at radius 3 is 2.21 bits per heavy atom. The molecule has 3 rings (SSSR count). The smallest absolute Gasteiger partial charge is 0.0303 e. The molecular formula is C12H21NS. The van der Waals surface area contributed by atoms with Gasteiger partial charge in [-0.3, -0.25) is 0 Å². The first-order valence-corrected chi connectivity index (χ1v) is 7.01. The summed E-state index contributed by atoms with van der Waals surface area (Å²) in [5.74, 6) is 1.33. The molecule has 2 aliphatic carbocycles. The summed E-state index contributed by atoms with van der Waals surface area (Å²) in [5.41, 5.74) is 0.774. The first kappa shape index (κ1) is 9.53. The van der Waals surface area contributed by atoms with Crippen LogP contribution in [0.2, 0.25) is 0 Å². The number of hydrogen-bond donors (Lipinski definition) is 1. The van der Waals surface area contributed by atoms with E-state index in [1.54, 1.807) is 0 Å². The molecule has 1 spiro atoms. The SMILES string of the molecule is CC1(C)SCC1NC1CCC12CCC2. The quantitative estimate of drug-likeness (QED) is 0.754. The molecule has 1 saturated heterocycles. The fourth-order valence-corrected chi connectivity index (χ4v) is 4.34. The summed E-state index contributed by atoms with van der Waals surface area (Å²) in [6.07, 6.45) is 7.44. The van der Waals surface area contributed by atoms with Crippen molar-refractivity contribution in [2.45, 2.75) is 62.8 Å². The molecule has 1 N–H and O–H groups in total. The van der Waals surface area contributed by atoms with E-state index in [0.717, 1.165) is 17.5 Å². The van der Waals surface area contributed by atoms with Gasteiger partial charge in [0, 0.05) is 22.6 Å². The minimum atomic E-state index is 0.501. The summed E-state index contributed by atoms with van der Waals surface area (Å²) >= 11 is 2.11. The highest BCUT2D eigenvalue weighted by atomic mass is 32.2. The Hall–Kier alpha value is 0.310. The number of nitrogens with one attached hydrogen (secondary N) is 1.